The molecule has 1 aliphatic rings. The summed E-state index contributed by atoms with van der Waals surface area (Å²) in [6, 6.07) is 0. The van der Waals surface area contributed by atoms with Crippen LogP contribution >= 0.6 is 0 Å². The molecule has 0 bridgehead atoms. The molecule has 3 nitrogen and oxygen atoms in total. The maximum absolute atomic E-state index is 11.1. The number of carboxylic acids is 1. The van der Waals surface area contributed by atoms with Crippen LogP contribution in [-0.4, -0.2) is 16.1 Å². The van der Waals surface area contributed by atoms with Crippen LogP contribution in [0.1, 0.15) is 40.5 Å². The summed E-state index contributed by atoms with van der Waals surface area (Å²) >= 11 is 0. The fraction of sp³-hybridized carbons (Fsp3) is 0.455. The predicted molar refractivity (Wildman–Crippen MR) is 52.6 cm³/mol. The van der Waals surface area contributed by atoms with E-state index in [9.17, 15) is 4.79 Å². The number of rotatable bonds is 2. The summed E-state index contributed by atoms with van der Waals surface area (Å²) in [7, 11) is 0. The number of carbonyl (C=O) groups is 1. The molecule has 0 saturated carbocycles. The third kappa shape index (κ3) is 1.29. The van der Waals surface area contributed by atoms with Crippen molar-refractivity contribution in [3.05, 3.63) is 28.6 Å². The summed E-state index contributed by atoms with van der Waals surface area (Å²) in [4.78, 5) is 15.4. The van der Waals surface area contributed by atoms with Crippen molar-refractivity contribution in [1.82, 2.24) is 4.98 Å². The second-order valence-corrected chi connectivity index (χ2v) is 3.60. The van der Waals surface area contributed by atoms with Crippen molar-refractivity contribution in [2.75, 3.05) is 0 Å². The van der Waals surface area contributed by atoms with Crippen LogP contribution in [0.2, 0.25) is 0 Å². The molecular formula is C11H13NO2. The number of carboxylic acid groups (broad SMARTS) is 1. The topological polar surface area (TPSA) is 50.2 Å². The van der Waals surface area contributed by atoms with E-state index in [1.54, 1.807) is 6.20 Å². The van der Waals surface area contributed by atoms with Gasteiger partial charge in [-0.1, -0.05) is 6.92 Å². The minimum absolute atomic E-state index is 0.509. The van der Waals surface area contributed by atoms with Gasteiger partial charge in [-0.15, -0.1) is 0 Å². The maximum Gasteiger partial charge on any atom is 0.336 e. The van der Waals surface area contributed by atoms with Crippen molar-refractivity contribution in [1.29, 1.82) is 0 Å². The molecule has 0 spiro atoms. The lowest BCUT2D eigenvalue weighted by Gasteiger charge is -2.08. The lowest BCUT2D eigenvalue weighted by Crippen LogP contribution is -2.08. The molecule has 0 aliphatic heterocycles. The SMILES string of the molecule is CCc1cnc2c(c1C(=O)O)CCC2. The fourth-order valence-corrected chi connectivity index (χ4v) is 2.09. The zero-order valence-electron chi connectivity index (χ0n) is 8.21. The van der Waals surface area contributed by atoms with Gasteiger partial charge in [0.05, 0.1) is 5.56 Å². The lowest BCUT2D eigenvalue weighted by atomic mass is 10.0. The van der Waals surface area contributed by atoms with E-state index in [1.807, 2.05) is 6.92 Å². The summed E-state index contributed by atoms with van der Waals surface area (Å²) in [6.45, 7) is 1.96. The van der Waals surface area contributed by atoms with Crippen LogP contribution in [0.3, 0.4) is 0 Å². The zero-order chi connectivity index (χ0) is 10.1. The summed E-state index contributed by atoms with van der Waals surface area (Å²) in [6.07, 6.45) is 5.29. The molecule has 0 saturated heterocycles. The van der Waals surface area contributed by atoms with Gasteiger partial charge in [-0.25, -0.2) is 4.79 Å². The molecule has 2 rings (SSSR count). The standard InChI is InChI=1S/C11H13NO2/c1-2-7-6-12-9-5-3-4-8(9)10(7)11(13)14/h6H,2-5H2,1H3,(H,13,14). The van der Waals surface area contributed by atoms with Gasteiger partial charge in [0.2, 0.25) is 0 Å². The third-order valence-electron chi connectivity index (χ3n) is 2.78. The Morgan fingerprint density at radius 1 is 1.57 bits per heavy atom. The van der Waals surface area contributed by atoms with Gasteiger partial charge in [0, 0.05) is 11.9 Å². The monoisotopic (exact) mass is 191 g/mol. The predicted octanol–water partition coefficient (Wildman–Crippen LogP) is 1.83. The van der Waals surface area contributed by atoms with E-state index in [2.05, 4.69) is 4.98 Å². The Morgan fingerprint density at radius 3 is 3.00 bits per heavy atom. The van der Waals surface area contributed by atoms with Gasteiger partial charge >= 0.3 is 5.97 Å². The van der Waals surface area contributed by atoms with Crippen LogP contribution in [0.15, 0.2) is 6.20 Å². The smallest absolute Gasteiger partial charge is 0.336 e. The van der Waals surface area contributed by atoms with Crippen LogP contribution in [0.4, 0.5) is 0 Å². The van der Waals surface area contributed by atoms with Crippen LogP contribution in [0.5, 0.6) is 0 Å². The molecule has 0 aromatic carbocycles. The van der Waals surface area contributed by atoms with Gasteiger partial charge in [0.15, 0.2) is 0 Å². The zero-order valence-corrected chi connectivity index (χ0v) is 8.21. The first-order chi connectivity index (χ1) is 6.74. The summed E-state index contributed by atoms with van der Waals surface area (Å²) in [5.41, 5.74) is 3.32. The van der Waals surface area contributed by atoms with E-state index in [1.165, 1.54) is 0 Å². The fourth-order valence-electron chi connectivity index (χ4n) is 2.09. The highest BCUT2D eigenvalue weighted by molar-refractivity contribution is 5.91. The molecule has 1 aliphatic carbocycles. The number of aromatic carboxylic acids is 1. The number of aryl methyl sites for hydroxylation is 2. The molecule has 1 heterocycles. The van der Waals surface area contributed by atoms with Crippen LogP contribution in [-0.2, 0) is 19.3 Å². The number of pyridine rings is 1. The number of hydrogen-bond acceptors (Lipinski definition) is 2. The van der Waals surface area contributed by atoms with Crippen molar-refractivity contribution in [2.24, 2.45) is 0 Å². The van der Waals surface area contributed by atoms with Gasteiger partial charge in [-0.2, -0.15) is 0 Å². The number of hydrogen-bond donors (Lipinski definition) is 1. The first-order valence-corrected chi connectivity index (χ1v) is 4.97. The Labute approximate surface area is 82.8 Å². The Bertz CT molecular complexity index is 385. The van der Waals surface area contributed by atoms with E-state index in [4.69, 9.17) is 5.11 Å². The molecule has 0 atom stereocenters. The van der Waals surface area contributed by atoms with Crippen molar-refractivity contribution in [3.63, 3.8) is 0 Å². The molecule has 0 fully saturated rings. The average molecular weight is 191 g/mol. The summed E-state index contributed by atoms with van der Waals surface area (Å²) < 4.78 is 0. The molecule has 0 amide bonds. The van der Waals surface area contributed by atoms with Crippen molar-refractivity contribution < 1.29 is 9.90 Å². The minimum atomic E-state index is -0.803. The van der Waals surface area contributed by atoms with Crippen molar-refractivity contribution >= 4 is 5.97 Å². The molecule has 14 heavy (non-hydrogen) atoms. The summed E-state index contributed by atoms with van der Waals surface area (Å²) in [5.74, 6) is -0.803. The molecular weight excluding hydrogens is 178 g/mol. The van der Waals surface area contributed by atoms with Crippen molar-refractivity contribution in [2.45, 2.75) is 32.6 Å². The normalized spacial score (nSPS) is 14.1. The molecule has 1 N–H and O–H groups in total. The highest BCUT2D eigenvalue weighted by Crippen LogP contribution is 2.26. The quantitative estimate of drug-likeness (QED) is 0.775. The summed E-state index contributed by atoms with van der Waals surface area (Å²) in [5, 5.41) is 9.13. The first kappa shape index (κ1) is 9.19. The van der Waals surface area contributed by atoms with Crippen LogP contribution < -0.4 is 0 Å². The van der Waals surface area contributed by atoms with E-state index in [0.717, 1.165) is 42.5 Å². The van der Waals surface area contributed by atoms with Gasteiger partial charge < -0.3 is 5.11 Å². The third-order valence-corrected chi connectivity index (χ3v) is 2.78. The van der Waals surface area contributed by atoms with Gasteiger partial charge in [0.25, 0.3) is 0 Å². The Kier molecular flexibility index (Phi) is 2.23. The minimum Gasteiger partial charge on any atom is -0.478 e. The highest BCUT2D eigenvalue weighted by Gasteiger charge is 2.22. The van der Waals surface area contributed by atoms with E-state index < -0.39 is 5.97 Å². The molecule has 0 unspecified atom stereocenters. The van der Waals surface area contributed by atoms with E-state index >= 15 is 0 Å². The molecule has 74 valence electrons. The second kappa shape index (κ2) is 3.40. The Morgan fingerprint density at radius 2 is 2.36 bits per heavy atom. The highest BCUT2D eigenvalue weighted by atomic mass is 16.4. The largest absolute Gasteiger partial charge is 0.478 e. The van der Waals surface area contributed by atoms with Crippen molar-refractivity contribution in [3.8, 4) is 0 Å². The molecule has 3 heteroatoms. The number of nitrogens with zero attached hydrogens (tertiary/aromatic N) is 1. The molecule has 1 aromatic heterocycles. The number of aromatic nitrogens is 1. The van der Waals surface area contributed by atoms with Crippen LogP contribution in [0.25, 0.3) is 0 Å². The van der Waals surface area contributed by atoms with E-state index in [0.29, 0.717) is 5.56 Å². The molecule has 1 aromatic rings. The first-order valence-electron chi connectivity index (χ1n) is 4.97. The average Bonchev–Trinajstić information content (AvgIpc) is 2.62. The number of fused-ring (bicyclic) bond motifs is 1. The van der Waals surface area contributed by atoms with Gasteiger partial charge in [0.1, 0.15) is 0 Å². The van der Waals surface area contributed by atoms with Gasteiger partial charge in [-0.05, 0) is 36.8 Å². The van der Waals surface area contributed by atoms with E-state index in [-0.39, 0.29) is 0 Å². The lowest BCUT2D eigenvalue weighted by molar-refractivity contribution is 0.0694. The van der Waals surface area contributed by atoms with Gasteiger partial charge in [-0.3, -0.25) is 4.98 Å². The second-order valence-electron chi connectivity index (χ2n) is 3.60. The van der Waals surface area contributed by atoms with Crippen LogP contribution in [0, 0.1) is 0 Å². The Balaban J connectivity index is 2.62. The Hall–Kier alpha value is -1.38. The maximum atomic E-state index is 11.1. The molecule has 0 radical (unpaired) electrons.